The number of hydrazone groups is 1. The summed E-state index contributed by atoms with van der Waals surface area (Å²) in [7, 11) is -4.32. The summed E-state index contributed by atoms with van der Waals surface area (Å²) in [4.78, 5) is 18.8. The first kappa shape index (κ1) is 14.0. The zero-order valence-electron chi connectivity index (χ0n) is 11.2. The Balaban J connectivity index is 2.02. The van der Waals surface area contributed by atoms with Crippen LogP contribution in [-0.4, -0.2) is 15.2 Å². The lowest BCUT2D eigenvalue weighted by Gasteiger charge is -2.23. The van der Waals surface area contributed by atoms with Crippen molar-refractivity contribution in [2.45, 2.75) is 12.5 Å². The van der Waals surface area contributed by atoms with Crippen molar-refractivity contribution in [2.24, 2.45) is 5.10 Å². The van der Waals surface area contributed by atoms with Gasteiger partial charge in [0.1, 0.15) is 0 Å². The number of para-hydroxylation sites is 1. The molecule has 5 nitrogen and oxygen atoms in total. The first-order chi connectivity index (χ1) is 10.1. The van der Waals surface area contributed by atoms with E-state index in [-0.39, 0.29) is 17.9 Å². The van der Waals surface area contributed by atoms with Gasteiger partial charge in [-0.3, -0.25) is 9.57 Å². The van der Waals surface area contributed by atoms with Gasteiger partial charge in [-0.05, 0) is 17.7 Å². The molecule has 0 amide bonds. The molecule has 108 valence electrons. The van der Waals surface area contributed by atoms with E-state index in [9.17, 15) is 14.4 Å². The molecule has 0 bridgehead atoms. The Hall–Kier alpha value is -1.94. The summed E-state index contributed by atoms with van der Waals surface area (Å²) in [6, 6.07) is 18.8. The summed E-state index contributed by atoms with van der Waals surface area (Å²) in [5.74, 6) is 0. The Morgan fingerprint density at radius 2 is 1.57 bits per heavy atom. The van der Waals surface area contributed by atoms with Crippen LogP contribution >= 0.6 is 7.60 Å². The first-order valence-corrected chi connectivity index (χ1v) is 8.20. The zero-order valence-corrected chi connectivity index (χ0v) is 12.1. The molecule has 1 aliphatic rings. The fraction of sp³-hybridized carbons (Fsp3) is 0.133. The molecule has 0 radical (unpaired) electrons. The van der Waals surface area contributed by atoms with Crippen LogP contribution in [0.1, 0.15) is 18.0 Å². The molecule has 0 aromatic heterocycles. The van der Waals surface area contributed by atoms with Crippen molar-refractivity contribution in [2.75, 3.05) is 5.01 Å². The van der Waals surface area contributed by atoms with Crippen LogP contribution in [0.4, 0.5) is 5.69 Å². The lowest BCUT2D eigenvalue weighted by atomic mass is 10.0. The summed E-state index contributed by atoms with van der Waals surface area (Å²) in [5, 5.41) is 5.86. The number of nitrogens with zero attached hydrogens (tertiary/aromatic N) is 2. The summed E-state index contributed by atoms with van der Waals surface area (Å²) in [6.07, 6.45) is 0.225. The molecule has 2 aromatic carbocycles. The number of benzene rings is 2. The number of rotatable bonds is 3. The van der Waals surface area contributed by atoms with Gasteiger partial charge in [-0.25, -0.2) is 0 Å². The summed E-state index contributed by atoms with van der Waals surface area (Å²) in [5.41, 5.74) is 1.73. The highest BCUT2D eigenvalue weighted by Gasteiger charge is 2.36. The van der Waals surface area contributed by atoms with Crippen LogP contribution in [0, 0.1) is 0 Å². The van der Waals surface area contributed by atoms with Gasteiger partial charge in [0.25, 0.3) is 0 Å². The van der Waals surface area contributed by atoms with E-state index in [2.05, 4.69) is 5.10 Å². The second-order valence-corrected chi connectivity index (χ2v) is 6.48. The van der Waals surface area contributed by atoms with E-state index in [1.165, 1.54) is 0 Å². The predicted molar refractivity (Wildman–Crippen MR) is 82.2 cm³/mol. The Morgan fingerprint density at radius 1 is 1.00 bits per heavy atom. The highest BCUT2D eigenvalue weighted by atomic mass is 31.2. The van der Waals surface area contributed by atoms with Crippen LogP contribution in [0.3, 0.4) is 0 Å². The van der Waals surface area contributed by atoms with Crippen molar-refractivity contribution in [3.8, 4) is 0 Å². The molecule has 1 aliphatic heterocycles. The van der Waals surface area contributed by atoms with E-state index in [1.807, 2.05) is 60.7 Å². The van der Waals surface area contributed by atoms with Gasteiger partial charge in [-0.1, -0.05) is 48.5 Å². The highest BCUT2D eigenvalue weighted by Crippen LogP contribution is 2.47. The summed E-state index contributed by atoms with van der Waals surface area (Å²) < 4.78 is 11.5. The minimum absolute atomic E-state index is 0.0693. The third kappa shape index (κ3) is 2.90. The van der Waals surface area contributed by atoms with Crippen LogP contribution < -0.4 is 5.01 Å². The van der Waals surface area contributed by atoms with Gasteiger partial charge in [-0.2, -0.15) is 5.10 Å². The Kier molecular flexibility index (Phi) is 3.64. The van der Waals surface area contributed by atoms with Gasteiger partial charge in [0.2, 0.25) is 0 Å². The predicted octanol–water partition coefficient (Wildman–Crippen LogP) is 3.13. The molecular weight excluding hydrogens is 287 g/mol. The van der Waals surface area contributed by atoms with Gasteiger partial charge in [0.05, 0.1) is 11.7 Å². The molecule has 0 saturated heterocycles. The molecule has 1 heterocycles. The van der Waals surface area contributed by atoms with Crippen molar-refractivity contribution in [3.05, 3.63) is 66.2 Å². The van der Waals surface area contributed by atoms with Crippen molar-refractivity contribution in [3.63, 3.8) is 0 Å². The quantitative estimate of drug-likeness (QED) is 0.854. The molecule has 0 spiro atoms. The van der Waals surface area contributed by atoms with Crippen molar-refractivity contribution in [1.29, 1.82) is 0 Å². The molecule has 1 atom stereocenters. The minimum Gasteiger partial charge on any atom is -0.320 e. The molecule has 2 N–H and O–H groups in total. The van der Waals surface area contributed by atoms with Gasteiger partial charge in [0.15, 0.2) is 5.45 Å². The normalized spacial score (nSPS) is 18.7. The molecule has 0 saturated carbocycles. The van der Waals surface area contributed by atoms with Gasteiger partial charge in [-0.15, -0.1) is 0 Å². The van der Waals surface area contributed by atoms with Crippen LogP contribution in [0.2, 0.25) is 0 Å². The zero-order chi connectivity index (χ0) is 14.9. The molecule has 6 heteroatoms. The standard InChI is InChI=1S/C15H15N2O3P/c18-21(19,20)15-11-14(12-7-3-1-4-8-12)17(16-15)13-9-5-2-6-10-13/h1-10,14H,11H2,(H2,18,19,20). The average Bonchev–Trinajstić information content (AvgIpc) is 2.94. The minimum atomic E-state index is -4.32. The Labute approximate surface area is 122 Å². The van der Waals surface area contributed by atoms with Crippen LogP contribution in [0.5, 0.6) is 0 Å². The molecular formula is C15H15N2O3P. The van der Waals surface area contributed by atoms with E-state index in [1.54, 1.807) is 5.01 Å². The molecule has 1 unspecified atom stereocenters. The molecule has 21 heavy (non-hydrogen) atoms. The SMILES string of the molecule is O=P(O)(O)C1=NN(c2ccccc2)C(c2ccccc2)C1. The Bertz CT molecular complexity index is 697. The first-order valence-electron chi connectivity index (χ1n) is 6.58. The van der Waals surface area contributed by atoms with Gasteiger partial charge in [0, 0.05) is 6.42 Å². The topological polar surface area (TPSA) is 73.1 Å². The highest BCUT2D eigenvalue weighted by molar-refractivity contribution is 7.70. The lowest BCUT2D eigenvalue weighted by Crippen LogP contribution is -2.18. The van der Waals surface area contributed by atoms with Crippen molar-refractivity contribution >= 4 is 18.7 Å². The molecule has 0 aliphatic carbocycles. The number of hydrogen-bond donors (Lipinski definition) is 2. The summed E-state index contributed by atoms with van der Waals surface area (Å²) in [6.45, 7) is 0. The van der Waals surface area contributed by atoms with Crippen LogP contribution in [0.15, 0.2) is 65.8 Å². The Morgan fingerprint density at radius 3 is 2.14 bits per heavy atom. The molecule has 2 aromatic rings. The fourth-order valence-corrected chi connectivity index (χ4v) is 3.05. The molecule has 0 fully saturated rings. The fourth-order valence-electron chi connectivity index (χ4n) is 2.42. The van der Waals surface area contributed by atoms with Gasteiger partial charge < -0.3 is 9.79 Å². The summed E-state index contributed by atoms with van der Waals surface area (Å²) >= 11 is 0. The van der Waals surface area contributed by atoms with E-state index < -0.39 is 7.60 Å². The third-order valence-electron chi connectivity index (χ3n) is 3.44. The monoisotopic (exact) mass is 302 g/mol. The van der Waals surface area contributed by atoms with E-state index in [4.69, 9.17) is 0 Å². The van der Waals surface area contributed by atoms with Crippen molar-refractivity contribution in [1.82, 2.24) is 0 Å². The van der Waals surface area contributed by atoms with Crippen LogP contribution in [0.25, 0.3) is 0 Å². The molecule has 3 rings (SSSR count). The smallest absolute Gasteiger partial charge is 0.320 e. The maximum atomic E-state index is 11.5. The maximum Gasteiger partial charge on any atom is 0.372 e. The van der Waals surface area contributed by atoms with E-state index >= 15 is 0 Å². The van der Waals surface area contributed by atoms with E-state index in [0.29, 0.717) is 0 Å². The second kappa shape index (κ2) is 5.45. The third-order valence-corrected chi connectivity index (χ3v) is 4.38. The second-order valence-electron chi connectivity index (χ2n) is 4.87. The average molecular weight is 302 g/mol. The lowest BCUT2D eigenvalue weighted by molar-refractivity contribution is 0.390. The largest absolute Gasteiger partial charge is 0.372 e. The number of hydrogen-bond acceptors (Lipinski definition) is 3. The van der Waals surface area contributed by atoms with E-state index in [0.717, 1.165) is 11.3 Å². The maximum absolute atomic E-state index is 11.5. The van der Waals surface area contributed by atoms with Crippen LogP contribution in [-0.2, 0) is 4.57 Å². The van der Waals surface area contributed by atoms with Crippen molar-refractivity contribution < 1.29 is 14.4 Å². The van der Waals surface area contributed by atoms with Gasteiger partial charge >= 0.3 is 7.60 Å². The number of anilines is 1.